The molecule has 0 unspecified atom stereocenters. The molecule has 4 nitrogen and oxygen atoms in total. The maximum absolute atomic E-state index is 11.5. The number of nitrogens with one attached hydrogen (secondary N) is 2. The largest absolute Gasteiger partial charge is 0.392 e. The predicted octanol–water partition coefficient (Wildman–Crippen LogP) is 0.793. The molecule has 0 aliphatic rings. The highest BCUT2D eigenvalue weighted by Gasteiger charge is 2.02. The summed E-state index contributed by atoms with van der Waals surface area (Å²) in [5, 5.41) is 14.9. The molecule has 0 saturated carbocycles. The molecule has 3 N–H and O–H groups in total. The van der Waals surface area contributed by atoms with Gasteiger partial charge < -0.3 is 15.7 Å². The third-order valence-electron chi connectivity index (χ3n) is 2.33. The molecule has 0 aliphatic carbocycles. The summed E-state index contributed by atoms with van der Waals surface area (Å²) in [6, 6.07) is 7.84. The molecule has 1 amide bonds. The molecule has 0 spiro atoms. The zero-order valence-electron chi connectivity index (χ0n) is 10.4. The summed E-state index contributed by atoms with van der Waals surface area (Å²) < 4.78 is 0. The topological polar surface area (TPSA) is 61.4 Å². The van der Waals surface area contributed by atoms with E-state index in [0.717, 1.165) is 11.1 Å². The fourth-order valence-corrected chi connectivity index (χ4v) is 1.40. The molecule has 1 aromatic carbocycles. The molecule has 0 aromatic heterocycles. The molecule has 4 heteroatoms. The Morgan fingerprint density at radius 1 is 1.35 bits per heavy atom. The van der Waals surface area contributed by atoms with E-state index < -0.39 is 0 Å². The summed E-state index contributed by atoms with van der Waals surface area (Å²) in [5.41, 5.74) is 1.85. The summed E-state index contributed by atoms with van der Waals surface area (Å²) in [5.74, 6) is -0.0203. The van der Waals surface area contributed by atoms with Crippen molar-refractivity contribution >= 4 is 5.91 Å². The van der Waals surface area contributed by atoms with E-state index in [4.69, 9.17) is 5.11 Å². The molecule has 1 rings (SSSR count). The van der Waals surface area contributed by atoms with E-state index in [1.54, 1.807) is 0 Å². The Bertz CT molecular complexity index is 364. The third-order valence-corrected chi connectivity index (χ3v) is 2.33. The van der Waals surface area contributed by atoms with Crippen molar-refractivity contribution in [2.75, 3.05) is 6.54 Å². The van der Waals surface area contributed by atoms with Crippen LogP contribution in [0.15, 0.2) is 24.3 Å². The number of hydrogen-bond donors (Lipinski definition) is 3. The smallest absolute Gasteiger partial charge is 0.234 e. The highest BCUT2D eigenvalue weighted by atomic mass is 16.3. The van der Waals surface area contributed by atoms with E-state index in [0.29, 0.717) is 19.1 Å². The number of benzene rings is 1. The van der Waals surface area contributed by atoms with Gasteiger partial charge in [-0.05, 0) is 11.1 Å². The van der Waals surface area contributed by atoms with Gasteiger partial charge >= 0.3 is 0 Å². The molecule has 0 saturated heterocycles. The Balaban J connectivity index is 2.36. The Hall–Kier alpha value is -1.39. The maximum atomic E-state index is 11.5. The van der Waals surface area contributed by atoms with E-state index in [9.17, 15) is 4.79 Å². The maximum Gasteiger partial charge on any atom is 0.234 e. The molecule has 0 radical (unpaired) electrons. The highest BCUT2D eigenvalue weighted by molar-refractivity contribution is 5.77. The molecule has 1 aromatic rings. The SMILES string of the molecule is CC(C)NCC(=O)NCc1cccc(CO)c1. The van der Waals surface area contributed by atoms with E-state index in [2.05, 4.69) is 10.6 Å². The summed E-state index contributed by atoms with van der Waals surface area (Å²) in [6.07, 6.45) is 0. The van der Waals surface area contributed by atoms with Crippen LogP contribution in [0.25, 0.3) is 0 Å². The monoisotopic (exact) mass is 236 g/mol. The molecule has 17 heavy (non-hydrogen) atoms. The number of amides is 1. The van der Waals surface area contributed by atoms with Crippen molar-refractivity contribution in [3.63, 3.8) is 0 Å². The van der Waals surface area contributed by atoms with E-state index in [1.807, 2.05) is 38.1 Å². The van der Waals surface area contributed by atoms with Crippen LogP contribution in [0, 0.1) is 0 Å². The van der Waals surface area contributed by atoms with Crippen molar-refractivity contribution in [3.05, 3.63) is 35.4 Å². The summed E-state index contributed by atoms with van der Waals surface area (Å²) in [4.78, 5) is 11.5. The fourth-order valence-electron chi connectivity index (χ4n) is 1.40. The van der Waals surface area contributed by atoms with Gasteiger partial charge in [0.15, 0.2) is 0 Å². The molecule has 0 aliphatic heterocycles. The summed E-state index contributed by atoms with van der Waals surface area (Å²) >= 11 is 0. The quantitative estimate of drug-likeness (QED) is 0.684. The minimum absolute atomic E-state index is 0.0203. The second-order valence-electron chi connectivity index (χ2n) is 4.29. The van der Waals surface area contributed by atoms with Crippen LogP contribution >= 0.6 is 0 Å². The van der Waals surface area contributed by atoms with Crippen molar-refractivity contribution in [1.82, 2.24) is 10.6 Å². The summed E-state index contributed by atoms with van der Waals surface area (Å²) in [7, 11) is 0. The predicted molar refractivity (Wildman–Crippen MR) is 67.4 cm³/mol. The Morgan fingerprint density at radius 2 is 2.06 bits per heavy atom. The van der Waals surface area contributed by atoms with Gasteiger partial charge in [-0.25, -0.2) is 0 Å². The van der Waals surface area contributed by atoms with Gasteiger partial charge in [-0.2, -0.15) is 0 Å². The molecular formula is C13H20N2O2. The van der Waals surface area contributed by atoms with Gasteiger partial charge in [0.2, 0.25) is 5.91 Å². The van der Waals surface area contributed by atoms with Gasteiger partial charge in [-0.15, -0.1) is 0 Å². The average molecular weight is 236 g/mol. The van der Waals surface area contributed by atoms with Gasteiger partial charge in [0.05, 0.1) is 13.2 Å². The second kappa shape index (κ2) is 7.04. The molecular weight excluding hydrogens is 216 g/mol. The van der Waals surface area contributed by atoms with Crippen LogP contribution in [0.2, 0.25) is 0 Å². The van der Waals surface area contributed by atoms with Crippen LogP contribution in [-0.4, -0.2) is 23.6 Å². The normalized spacial score (nSPS) is 10.6. The van der Waals surface area contributed by atoms with Crippen molar-refractivity contribution < 1.29 is 9.90 Å². The lowest BCUT2D eigenvalue weighted by Crippen LogP contribution is -2.36. The zero-order valence-corrected chi connectivity index (χ0v) is 10.4. The number of carbonyl (C=O) groups is 1. The summed E-state index contributed by atoms with van der Waals surface area (Å²) in [6.45, 7) is 4.84. The van der Waals surface area contributed by atoms with E-state index in [1.165, 1.54) is 0 Å². The number of carbonyl (C=O) groups excluding carboxylic acids is 1. The first-order valence-electron chi connectivity index (χ1n) is 5.80. The number of rotatable bonds is 6. The van der Waals surface area contributed by atoms with Crippen LogP contribution in [0.5, 0.6) is 0 Å². The lowest BCUT2D eigenvalue weighted by molar-refractivity contribution is -0.120. The van der Waals surface area contributed by atoms with E-state index >= 15 is 0 Å². The van der Waals surface area contributed by atoms with Gasteiger partial charge in [-0.3, -0.25) is 4.79 Å². The third kappa shape index (κ3) is 5.47. The van der Waals surface area contributed by atoms with Gasteiger partial charge in [0.1, 0.15) is 0 Å². The minimum Gasteiger partial charge on any atom is -0.392 e. The van der Waals surface area contributed by atoms with Gasteiger partial charge in [-0.1, -0.05) is 38.1 Å². The lowest BCUT2D eigenvalue weighted by atomic mass is 10.1. The molecule has 0 bridgehead atoms. The molecule has 0 fully saturated rings. The van der Waals surface area contributed by atoms with Crippen molar-refractivity contribution in [2.45, 2.75) is 33.0 Å². The Morgan fingerprint density at radius 3 is 2.71 bits per heavy atom. The van der Waals surface area contributed by atoms with Gasteiger partial charge in [0.25, 0.3) is 0 Å². The standard InChI is InChI=1S/C13H20N2O2/c1-10(2)14-8-13(17)15-7-11-4-3-5-12(6-11)9-16/h3-6,10,14,16H,7-9H2,1-2H3,(H,15,17). The minimum atomic E-state index is -0.0203. The number of aliphatic hydroxyl groups is 1. The second-order valence-corrected chi connectivity index (χ2v) is 4.29. The van der Waals surface area contributed by atoms with E-state index in [-0.39, 0.29) is 12.5 Å². The van der Waals surface area contributed by atoms with Crippen LogP contribution in [0.1, 0.15) is 25.0 Å². The Labute approximate surface area is 102 Å². The van der Waals surface area contributed by atoms with Crippen molar-refractivity contribution in [2.24, 2.45) is 0 Å². The highest BCUT2D eigenvalue weighted by Crippen LogP contribution is 2.04. The van der Waals surface area contributed by atoms with Crippen LogP contribution < -0.4 is 10.6 Å². The number of aliphatic hydroxyl groups excluding tert-OH is 1. The fraction of sp³-hybridized carbons (Fsp3) is 0.462. The number of hydrogen-bond acceptors (Lipinski definition) is 3. The van der Waals surface area contributed by atoms with Crippen molar-refractivity contribution in [1.29, 1.82) is 0 Å². The Kier molecular flexibility index (Phi) is 5.66. The zero-order chi connectivity index (χ0) is 12.7. The average Bonchev–Trinajstić information content (AvgIpc) is 2.34. The first-order chi connectivity index (χ1) is 8.11. The van der Waals surface area contributed by atoms with Crippen LogP contribution in [0.4, 0.5) is 0 Å². The van der Waals surface area contributed by atoms with Crippen LogP contribution in [-0.2, 0) is 17.9 Å². The molecule has 0 heterocycles. The molecule has 0 atom stereocenters. The van der Waals surface area contributed by atoms with Crippen molar-refractivity contribution in [3.8, 4) is 0 Å². The molecule has 94 valence electrons. The first kappa shape index (κ1) is 13.7. The van der Waals surface area contributed by atoms with Gasteiger partial charge in [0, 0.05) is 12.6 Å². The van der Waals surface area contributed by atoms with Crippen LogP contribution in [0.3, 0.4) is 0 Å². The first-order valence-corrected chi connectivity index (χ1v) is 5.80. The lowest BCUT2D eigenvalue weighted by Gasteiger charge is -2.09.